The van der Waals surface area contributed by atoms with Crippen LogP contribution in [0.1, 0.15) is 68.9 Å². The summed E-state index contributed by atoms with van der Waals surface area (Å²) in [6.45, 7) is 2.25. The maximum atomic E-state index is 12.2. The molecule has 1 aliphatic carbocycles. The van der Waals surface area contributed by atoms with Crippen molar-refractivity contribution in [2.75, 3.05) is 0 Å². The summed E-state index contributed by atoms with van der Waals surface area (Å²) in [5, 5.41) is 0. The summed E-state index contributed by atoms with van der Waals surface area (Å²) >= 11 is 0. The van der Waals surface area contributed by atoms with Gasteiger partial charge < -0.3 is 0 Å². The van der Waals surface area contributed by atoms with E-state index in [0.717, 1.165) is 12.0 Å². The van der Waals surface area contributed by atoms with Gasteiger partial charge in [-0.25, -0.2) is 0 Å². The molecule has 1 aromatic carbocycles. The van der Waals surface area contributed by atoms with E-state index in [1.165, 1.54) is 50.5 Å². The Morgan fingerprint density at radius 3 is 2.30 bits per heavy atom. The Morgan fingerprint density at radius 1 is 1.10 bits per heavy atom. The Hall–Kier alpha value is -1.18. The molecule has 1 fully saturated rings. The van der Waals surface area contributed by atoms with Crippen LogP contribution in [0.3, 0.4) is 0 Å². The molecule has 0 aromatic heterocycles. The second kappa shape index (κ2) is 7.56. The first-order valence-electron chi connectivity index (χ1n) is 7.81. The van der Waals surface area contributed by atoms with E-state index in [-0.39, 0.29) is 0 Å². The average molecular weight is 278 g/mol. The zero-order valence-electron chi connectivity index (χ0n) is 12.2. The predicted molar refractivity (Wildman–Crippen MR) is 80.9 cm³/mol. The topological polar surface area (TPSA) is 0 Å². The molecule has 0 atom stereocenters. The molecule has 0 heterocycles. The molecule has 2 heteroatoms. The molecule has 1 aromatic rings. The summed E-state index contributed by atoms with van der Waals surface area (Å²) in [6.07, 6.45) is 8.47. The van der Waals surface area contributed by atoms with Crippen LogP contribution in [0.5, 0.6) is 0 Å². The highest BCUT2D eigenvalue weighted by Crippen LogP contribution is 2.37. The summed E-state index contributed by atoms with van der Waals surface area (Å²) in [4.78, 5) is 0. The fourth-order valence-electron chi connectivity index (χ4n) is 3.27. The molecule has 0 unspecified atom stereocenters. The Bertz CT molecular complexity index is 421. The minimum absolute atomic E-state index is 0.588. The van der Waals surface area contributed by atoms with Crippen LogP contribution in [-0.4, -0.2) is 0 Å². The number of unbranched alkanes of at least 4 members (excludes halogenated alkanes) is 1. The molecule has 0 N–H and O–H groups in total. The Labute approximate surface area is 120 Å². The van der Waals surface area contributed by atoms with Crippen molar-refractivity contribution in [2.24, 2.45) is 5.92 Å². The summed E-state index contributed by atoms with van der Waals surface area (Å²) in [6, 6.07) is 7.65. The first kappa shape index (κ1) is 15.2. The smallest absolute Gasteiger partial charge is 0.173 e. The second-order valence-corrected chi connectivity index (χ2v) is 5.96. The maximum Gasteiger partial charge on any atom is 0.270 e. The van der Waals surface area contributed by atoms with Crippen molar-refractivity contribution in [3.63, 3.8) is 0 Å². The Balaban J connectivity index is 1.89. The largest absolute Gasteiger partial charge is 0.270 e. The molecule has 2 rings (SSSR count). The van der Waals surface area contributed by atoms with Gasteiger partial charge in [-0.05, 0) is 48.6 Å². The van der Waals surface area contributed by atoms with Crippen LogP contribution in [0.2, 0.25) is 0 Å². The maximum absolute atomic E-state index is 12.2. The van der Waals surface area contributed by atoms with Crippen LogP contribution in [0.25, 0.3) is 6.08 Å². The van der Waals surface area contributed by atoms with Crippen LogP contribution in [0.4, 0.5) is 8.78 Å². The highest BCUT2D eigenvalue weighted by Gasteiger charge is 2.21. The zero-order chi connectivity index (χ0) is 14.4. The van der Waals surface area contributed by atoms with Gasteiger partial charge in [-0.15, -0.1) is 0 Å². The van der Waals surface area contributed by atoms with Gasteiger partial charge in [0.15, 0.2) is 0 Å². The number of hydrogen-bond acceptors (Lipinski definition) is 0. The predicted octanol–water partition coefficient (Wildman–Crippen LogP) is 6.39. The fraction of sp³-hybridized carbons (Fsp3) is 0.556. The van der Waals surface area contributed by atoms with Crippen molar-refractivity contribution in [1.29, 1.82) is 0 Å². The van der Waals surface area contributed by atoms with E-state index in [9.17, 15) is 8.78 Å². The van der Waals surface area contributed by atoms with E-state index in [2.05, 4.69) is 6.92 Å². The SMILES string of the molecule is CCCC[C@H]1CC[C@H](c2ccc(C=C(F)F)cc2)CC1. The first-order chi connectivity index (χ1) is 9.69. The number of halogens is 2. The normalized spacial score (nSPS) is 22.6. The number of hydrogen-bond donors (Lipinski definition) is 0. The van der Waals surface area contributed by atoms with Crippen LogP contribution < -0.4 is 0 Å². The summed E-state index contributed by atoms with van der Waals surface area (Å²) in [5.41, 5.74) is 1.90. The highest BCUT2D eigenvalue weighted by molar-refractivity contribution is 5.50. The molecule has 0 spiro atoms. The minimum Gasteiger partial charge on any atom is -0.173 e. The number of rotatable bonds is 5. The molecule has 0 nitrogen and oxygen atoms in total. The molecule has 0 aliphatic heterocycles. The van der Waals surface area contributed by atoms with Crippen molar-refractivity contribution in [3.05, 3.63) is 41.5 Å². The van der Waals surface area contributed by atoms with Gasteiger partial charge in [0.1, 0.15) is 0 Å². The molecule has 1 aliphatic rings. The van der Waals surface area contributed by atoms with E-state index in [1.807, 2.05) is 12.1 Å². The Morgan fingerprint density at radius 2 is 1.75 bits per heavy atom. The van der Waals surface area contributed by atoms with E-state index < -0.39 is 6.08 Å². The van der Waals surface area contributed by atoms with E-state index in [0.29, 0.717) is 11.5 Å². The van der Waals surface area contributed by atoms with Crippen molar-refractivity contribution in [3.8, 4) is 0 Å². The molecule has 1 saturated carbocycles. The van der Waals surface area contributed by atoms with Crippen molar-refractivity contribution in [2.45, 2.75) is 57.8 Å². The lowest BCUT2D eigenvalue weighted by Crippen LogP contribution is -2.13. The van der Waals surface area contributed by atoms with Gasteiger partial charge in [0.25, 0.3) is 6.08 Å². The third-order valence-corrected chi connectivity index (χ3v) is 4.50. The lowest BCUT2D eigenvalue weighted by atomic mass is 9.77. The molecular formula is C18H24F2. The van der Waals surface area contributed by atoms with Gasteiger partial charge in [0.2, 0.25) is 0 Å². The average Bonchev–Trinajstić information content (AvgIpc) is 2.46. The van der Waals surface area contributed by atoms with Crippen molar-refractivity contribution in [1.82, 2.24) is 0 Å². The van der Waals surface area contributed by atoms with E-state index >= 15 is 0 Å². The molecule has 0 radical (unpaired) electrons. The summed E-state index contributed by atoms with van der Waals surface area (Å²) < 4.78 is 24.4. The summed E-state index contributed by atoms with van der Waals surface area (Å²) in [5.74, 6) is 1.54. The molecule has 0 bridgehead atoms. The fourth-order valence-corrected chi connectivity index (χ4v) is 3.27. The van der Waals surface area contributed by atoms with Gasteiger partial charge in [0.05, 0.1) is 0 Å². The van der Waals surface area contributed by atoms with Gasteiger partial charge >= 0.3 is 0 Å². The van der Waals surface area contributed by atoms with Crippen LogP contribution in [-0.2, 0) is 0 Å². The van der Waals surface area contributed by atoms with E-state index in [1.54, 1.807) is 12.1 Å². The third kappa shape index (κ3) is 4.43. The highest BCUT2D eigenvalue weighted by atomic mass is 19.3. The van der Waals surface area contributed by atoms with Crippen LogP contribution >= 0.6 is 0 Å². The van der Waals surface area contributed by atoms with Crippen LogP contribution in [0.15, 0.2) is 30.3 Å². The molecule has 0 saturated heterocycles. The van der Waals surface area contributed by atoms with E-state index in [4.69, 9.17) is 0 Å². The van der Waals surface area contributed by atoms with Gasteiger partial charge in [0, 0.05) is 6.08 Å². The third-order valence-electron chi connectivity index (χ3n) is 4.50. The number of benzene rings is 1. The monoisotopic (exact) mass is 278 g/mol. The lowest BCUT2D eigenvalue weighted by Gasteiger charge is -2.28. The Kier molecular flexibility index (Phi) is 5.75. The first-order valence-corrected chi connectivity index (χ1v) is 7.81. The molecule has 20 heavy (non-hydrogen) atoms. The minimum atomic E-state index is -1.63. The van der Waals surface area contributed by atoms with Crippen molar-refractivity contribution < 1.29 is 8.78 Å². The van der Waals surface area contributed by atoms with Gasteiger partial charge in [-0.2, -0.15) is 8.78 Å². The van der Waals surface area contributed by atoms with Crippen molar-refractivity contribution >= 4 is 6.08 Å². The molecule has 0 amide bonds. The van der Waals surface area contributed by atoms with Gasteiger partial charge in [-0.1, -0.05) is 50.5 Å². The molecule has 110 valence electrons. The second-order valence-electron chi connectivity index (χ2n) is 5.96. The van der Waals surface area contributed by atoms with Gasteiger partial charge in [-0.3, -0.25) is 0 Å². The molecular weight excluding hydrogens is 254 g/mol. The lowest BCUT2D eigenvalue weighted by molar-refractivity contribution is 0.304. The van der Waals surface area contributed by atoms with Crippen LogP contribution in [0, 0.1) is 5.92 Å². The quantitative estimate of drug-likeness (QED) is 0.585. The standard InChI is InChI=1S/C18H24F2/c1-2-3-4-14-5-9-16(10-6-14)17-11-7-15(8-12-17)13-18(19)20/h7-8,11-14,16H,2-6,9-10H2,1H3/t14-,16-. The zero-order valence-corrected chi connectivity index (χ0v) is 12.2. The summed E-state index contributed by atoms with van der Waals surface area (Å²) in [7, 11) is 0.